The van der Waals surface area contributed by atoms with Crippen LogP contribution in [0.5, 0.6) is 11.5 Å². The molecule has 0 unspecified atom stereocenters. The number of nitrogen functional groups attached to an aromatic ring is 1. The molecule has 0 bridgehead atoms. The van der Waals surface area contributed by atoms with E-state index in [-0.39, 0.29) is 22.5 Å². The van der Waals surface area contributed by atoms with Gasteiger partial charge in [0.2, 0.25) is 0 Å². The van der Waals surface area contributed by atoms with Gasteiger partial charge in [-0.3, -0.25) is 14.4 Å². The molecule has 0 aliphatic carbocycles. The molecule has 0 fully saturated rings. The molecule has 2 amide bonds. The molecule has 0 spiro atoms. The van der Waals surface area contributed by atoms with Gasteiger partial charge < -0.3 is 26.4 Å². The molecule has 228 valence electrons. The van der Waals surface area contributed by atoms with Crippen LogP contribution in [0.1, 0.15) is 49.1 Å². The Balaban J connectivity index is 0.000000501. The highest BCUT2D eigenvalue weighted by molar-refractivity contribution is 6.11. The summed E-state index contributed by atoms with van der Waals surface area (Å²) >= 11 is 0. The number of Topliss-reactive ketones (excluding diaryl/α,β-unsaturated/α-hetero) is 1. The first-order chi connectivity index (χ1) is 21.6. The zero-order chi connectivity index (χ0) is 32.3. The molecule has 45 heavy (non-hydrogen) atoms. The van der Waals surface area contributed by atoms with Crippen molar-refractivity contribution in [2.24, 2.45) is 0 Å². The third-order valence-electron chi connectivity index (χ3n) is 6.94. The second kappa shape index (κ2) is 15.0. The number of hydrogen-bond donors (Lipinski definition) is 4. The summed E-state index contributed by atoms with van der Waals surface area (Å²) in [5, 5.41) is 8.70. The van der Waals surface area contributed by atoms with Crippen LogP contribution in [0.2, 0.25) is 0 Å². The van der Waals surface area contributed by atoms with E-state index in [4.69, 9.17) is 10.5 Å². The molecule has 0 heterocycles. The molecule has 8 heteroatoms. The Morgan fingerprint density at radius 3 is 1.58 bits per heavy atom. The second-order valence-electron chi connectivity index (χ2n) is 10.3. The first-order valence-corrected chi connectivity index (χ1v) is 14.3. The van der Waals surface area contributed by atoms with Crippen molar-refractivity contribution < 1.29 is 19.1 Å². The molecule has 5 N–H and O–H groups in total. The number of ketones is 1. The second-order valence-corrected chi connectivity index (χ2v) is 10.3. The van der Waals surface area contributed by atoms with Gasteiger partial charge in [-0.15, -0.1) is 0 Å². The van der Waals surface area contributed by atoms with Crippen LogP contribution in [-0.4, -0.2) is 24.6 Å². The number of amides is 2. The van der Waals surface area contributed by atoms with Crippen molar-refractivity contribution in [3.05, 3.63) is 143 Å². The summed E-state index contributed by atoms with van der Waals surface area (Å²) in [6, 6.07) is 34.1. The monoisotopic (exact) mass is 600 g/mol. The standard InChI is InChI=1S/C30H27N3O4.C7H9N/c1-19-6-4-5-7-28(19)33-30(36)23-17-21(20(2)34)16-22(18-23)29(35)32-25-10-14-27(15-11-25)37-26-12-8-24(31-3)9-13-26;1-6-4-2-3-5-7(6)8/h4-18,31H,1-3H3,(H,32,35)(H,33,36);2-5H,8H2,1H3. The maximum absolute atomic E-state index is 13.0. The minimum atomic E-state index is -0.440. The highest BCUT2D eigenvalue weighted by atomic mass is 16.5. The van der Waals surface area contributed by atoms with Gasteiger partial charge in [-0.2, -0.15) is 0 Å². The fourth-order valence-corrected chi connectivity index (χ4v) is 4.22. The van der Waals surface area contributed by atoms with E-state index < -0.39 is 11.8 Å². The van der Waals surface area contributed by atoms with Crippen LogP contribution < -0.4 is 26.4 Å². The van der Waals surface area contributed by atoms with Gasteiger partial charge in [0.25, 0.3) is 11.8 Å². The number of nitrogens with two attached hydrogens (primary N) is 1. The highest BCUT2D eigenvalue weighted by Crippen LogP contribution is 2.25. The summed E-state index contributed by atoms with van der Waals surface area (Å²) in [7, 11) is 1.85. The van der Waals surface area contributed by atoms with E-state index in [9.17, 15) is 14.4 Å². The van der Waals surface area contributed by atoms with Gasteiger partial charge in [0.15, 0.2) is 5.78 Å². The number of para-hydroxylation sites is 2. The Morgan fingerprint density at radius 2 is 1.09 bits per heavy atom. The van der Waals surface area contributed by atoms with Crippen LogP contribution in [-0.2, 0) is 0 Å². The average molecular weight is 601 g/mol. The van der Waals surface area contributed by atoms with Crippen LogP contribution in [0.25, 0.3) is 0 Å². The quantitative estimate of drug-likeness (QED) is 0.105. The smallest absolute Gasteiger partial charge is 0.255 e. The van der Waals surface area contributed by atoms with E-state index in [2.05, 4.69) is 16.0 Å². The van der Waals surface area contributed by atoms with Crippen molar-refractivity contribution in [3.8, 4) is 11.5 Å². The molecule has 0 radical (unpaired) electrons. The van der Waals surface area contributed by atoms with Gasteiger partial charge in [-0.25, -0.2) is 0 Å². The topological polar surface area (TPSA) is 123 Å². The van der Waals surface area contributed by atoms with E-state index in [0.29, 0.717) is 22.9 Å². The van der Waals surface area contributed by atoms with Crippen molar-refractivity contribution in [3.63, 3.8) is 0 Å². The summed E-state index contributed by atoms with van der Waals surface area (Å²) < 4.78 is 5.84. The number of carbonyl (C=O) groups is 3. The van der Waals surface area contributed by atoms with Crippen LogP contribution in [0, 0.1) is 13.8 Å². The maximum Gasteiger partial charge on any atom is 0.255 e. The third kappa shape index (κ3) is 9.05. The molecule has 0 aliphatic rings. The molecule has 0 saturated carbocycles. The summed E-state index contributed by atoms with van der Waals surface area (Å²) in [5.41, 5.74) is 11.3. The van der Waals surface area contributed by atoms with Gasteiger partial charge >= 0.3 is 0 Å². The lowest BCUT2D eigenvalue weighted by Gasteiger charge is -2.12. The van der Waals surface area contributed by atoms with E-state index >= 15 is 0 Å². The molecular weight excluding hydrogens is 564 g/mol. The Morgan fingerprint density at radius 1 is 0.600 bits per heavy atom. The Labute approximate surface area is 263 Å². The number of anilines is 4. The number of rotatable bonds is 8. The molecule has 0 saturated heterocycles. The largest absolute Gasteiger partial charge is 0.457 e. The average Bonchev–Trinajstić information content (AvgIpc) is 3.05. The molecule has 0 aromatic heterocycles. The van der Waals surface area contributed by atoms with Crippen LogP contribution in [0.4, 0.5) is 22.7 Å². The van der Waals surface area contributed by atoms with Gasteiger partial charge in [0.05, 0.1) is 0 Å². The van der Waals surface area contributed by atoms with Crippen molar-refractivity contribution >= 4 is 40.3 Å². The zero-order valence-corrected chi connectivity index (χ0v) is 25.7. The highest BCUT2D eigenvalue weighted by Gasteiger charge is 2.16. The molecule has 5 aromatic rings. The van der Waals surface area contributed by atoms with Crippen molar-refractivity contribution in [1.29, 1.82) is 0 Å². The summed E-state index contributed by atoms with van der Waals surface area (Å²) in [5.74, 6) is 0.209. The Kier molecular flexibility index (Phi) is 10.7. The molecule has 5 aromatic carbocycles. The SMILES string of the molecule is CNc1ccc(Oc2ccc(NC(=O)c3cc(C(C)=O)cc(C(=O)Nc4ccccc4C)c3)cc2)cc1.Cc1ccccc1N. The lowest BCUT2D eigenvalue weighted by molar-refractivity contribution is 0.101. The van der Waals surface area contributed by atoms with E-state index in [1.807, 2.05) is 87.6 Å². The number of carbonyl (C=O) groups excluding carboxylic acids is 3. The van der Waals surface area contributed by atoms with Crippen LogP contribution in [0.3, 0.4) is 0 Å². The van der Waals surface area contributed by atoms with E-state index in [1.165, 1.54) is 25.1 Å². The van der Waals surface area contributed by atoms with E-state index in [0.717, 1.165) is 22.5 Å². The number of ether oxygens (including phenoxy) is 1. The molecule has 0 aliphatic heterocycles. The van der Waals surface area contributed by atoms with E-state index in [1.54, 1.807) is 30.3 Å². The molecule has 0 atom stereocenters. The van der Waals surface area contributed by atoms with Gasteiger partial charge in [-0.05, 0) is 111 Å². The van der Waals surface area contributed by atoms with Crippen molar-refractivity contribution in [1.82, 2.24) is 0 Å². The van der Waals surface area contributed by atoms with Gasteiger partial charge in [-0.1, -0.05) is 36.4 Å². The van der Waals surface area contributed by atoms with Crippen molar-refractivity contribution in [2.75, 3.05) is 28.7 Å². The third-order valence-corrected chi connectivity index (χ3v) is 6.94. The number of benzene rings is 5. The Bertz CT molecular complexity index is 1780. The number of hydrogen-bond acceptors (Lipinski definition) is 6. The zero-order valence-electron chi connectivity index (χ0n) is 25.7. The fraction of sp³-hybridized carbons (Fsp3) is 0.108. The fourth-order valence-electron chi connectivity index (χ4n) is 4.22. The molecule has 5 rings (SSSR count). The Hall–Kier alpha value is -5.89. The first kappa shape index (κ1) is 32.0. The summed E-state index contributed by atoms with van der Waals surface area (Å²) in [4.78, 5) is 38.1. The first-order valence-electron chi connectivity index (χ1n) is 14.3. The van der Waals surface area contributed by atoms with Gasteiger partial charge in [0.1, 0.15) is 11.5 Å². The van der Waals surface area contributed by atoms with Crippen LogP contribution >= 0.6 is 0 Å². The molecule has 8 nitrogen and oxygen atoms in total. The summed E-state index contributed by atoms with van der Waals surface area (Å²) in [6.07, 6.45) is 0. The lowest BCUT2D eigenvalue weighted by atomic mass is 10.0. The minimum absolute atomic E-state index is 0.201. The van der Waals surface area contributed by atoms with Crippen LogP contribution in [0.15, 0.2) is 115 Å². The van der Waals surface area contributed by atoms with Gasteiger partial charge in [0, 0.05) is 46.5 Å². The number of nitrogens with one attached hydrogen (secondary N) is 3. The number of aryl methyl sites for hydroxylation is 2. The predicted molar refractivity (Wildman–Crippen MR) is 182 cm³/mol. The minimum Gasteiger partial charge on any atom is -0.457 e. The lowest BCUT2D eigenvalue weighted by Crippen LogP contribution is -2.17. The molecular formula is C37H36N4O4. The maximum atomic E-state index is 13.0. The summed E-state index contributed by atoms with van der Waals surface area (Å²) in [6.45, 7) is 5.27. The van der Waals surface area contributed by atoms with Crippen molar-refractivity contribution in [2.45, 2.75) is 20.8 Å². The predicted octanol–water partition coefficient (Wildman–Crippen LogP) is 8.11. The normalized spacial score (nSPS) is 10.1.